The van der Waals surface area contributed by atoms with Crippen molar-refractivity contribution in [3.8, 4) is 11.3 Å². The van der Waals surface area contributed by atoms with Gasteiger partial charge in [0.05, 0.1) is 5.69 Å². The molecule has 2 heteroatoms. The van der Waals surface area contributed by atoms with E-state index < -0.39 is 0 Å². The van der Waals surface area contributed by atoms with Gasteiger partial charge in [0.2, 0.25) is 0 Å². The Balaban J connectivity index is 2.29. The normalized spacial score (nSPS) is 10.4. The third kappa shape index (κ3) is 2.89. The molecule has 18 heavy (non-hydrogen) atoms. The molecule has 1 N–H and O–H groups in total. The standard InChI is InChI=1S/C16H20N2/c1-4-10-17-16-7-5-6-15(18-16)14-9-8-12(2)13(3)11-14/h5-9,11H,4,10H2,1-3H3,(H,17,18). The average Bonchev–Trinajstić information content (AvgIpc) is 2.40. The van der Waals surface area contributed by atoms with Crippen LogP contribution in [0.25, 0.3) is 11.3 Å². The molecular weight excluding hydrogens is 220 g/mol. The molecule has 0 aliphatic carbocycles. The summed E-state index contributed by atoms with van der Waals surface area (Å²) in [5.74, 6) is 0.951. The Labute approximate surface area is 109 Å². The van der Waals surface area contributed by atoms with Crippen molar-refractivity contribution < 1.29 is 0 Å². The van der Waals surface area contributed by atoms with Crippen molar-refractivity contribution in [3.63, 3.8) is 0 Å². The van der Waals surface area contributed by atoms with Crippen molar-refractivity contribution in [1.82, 2.24) is 4.98 Å². The third-order valence-corrected chi connectivity index (χ3v) is 3.11. The van der Waals surface area contributed by atoms with Crippen LogP contribution in [0.4, 0.5) is 5.82 Å². The summed E-state index contributed by atoms with van der Waals surface area (Å²) < 4.78 is 0. The van der Waals surface area contributed by atoms with Crippen LogP contribution in [-0.4, -0.2) is 11.5 Å². The summed E-state index contributed by atoms with van der Waals surface area (Å²) in [7, 11) is 0. The number of nitrogens with zero attached hydrogens (tertiary/aromatic N) is 1. The predicted molar refractivity (Wildman–Crippen MR) is 77.9 cm³/mol. The fourth-order valence-corrected chi connectivity index (χ4v) is 1.85. The number of aryl methyl sites for hydroxylation is 2. The monoisotopic (exact) mass is 240 g/mol. The van der Waals surface area contributed by atoms with Gasteiger partial charge < -0.3 is 5.32 Å². The summed E-state index contributed by atoms with van der Waals surface area (Å²) in [6.45, 7) is 7.38. The summed E-state index contributed by atoms with van der Waals surface area (Å²) in [5, 5.41) is 3.32. The molecule has 0 spiro atoms. The molecule has 0 unspecified atom stereocenters. The van der Waals surface area contributed by atoms with Crippen LogP contribution in [0.2, 0.25) is 0 Å². The Morgan fingerprint density at radius 3 is 2.61 bits per heavy atom. The zero-order valence-electron chi connectivity index (χ0n) is 11.3. The second-order valence-electron chi connectivity index (χ2n) is 4.63. The van der Waals surface area contributed by atoms with Gasteiger partial charge in [-0.2, -0.15) is 0 Å². The first kappa shape index (κ1) is 12.6. The molecule has 0 aliphatic heterocycles. The van der Waals surface area contributed by atoms with Gasteiger partial charge in [0.25, 0.3) is 0 Å². The molecule has 1 heterocycles. The maximum atomic E-state index is 4.64. The number of rotatable bonds is 4. The van der Waals surface area contributed by atoms with Crippen LogP contribution in [0.3, 0.4) is 0 Å². The Bertz CT molecular complexity index is 532. The minimum atomic E-state index is 0.951. The molecular formula is C16H20N2. The van der Waals surface area contributed by atoms with E-state index >= 15 is 0 Å². The van der Waals surface area contributed by atoms with Crippen LogP contribution >= 0.6 is 0 Å². The van der Waals surface area contributed by atoms with E-state index in [9.17, 15) is 0 Å². The second kappa shape index (κ2) is 5.67. The van der Waals surface area contributed by atoms with Crippen molar-refractivity contribution in [2.24, 2.45) is 0 Å². The van der Waals surface area contributed by atoms with Gasteiger partial charge in [0, 0.05) is 12.1 Å². The fraction of sp³-hybridized carbons (Fsp3) is 0.312. The van der Waals surface area contributed by atoms with Crippen LogP contribution in [0, 0.1) is 13.8 Å². The highest BCUT2D eigenvalue weighted by atomic mass is 15.0. The molecule has 0 bridgehead atoms. The zero-order valence-corrected chi connectivity index (χ0v) is 11.3. The number of anilines is 1. The number of hydrogen-bond donors (Lipinski definition) is 1. The summed E-state index contributed by atoms with van der Waals surface area (Å²) in [5.41, 5.74) is 4.83. The van der Waals surface area contributed by atoms with Crippen LogP contribution < -0.4 is 5.32 Å². The summed E-state index contributed by atoms with van der Waals surface area (Å²) in [6.07, 6.45) is 1.11. The average molecular weight is 240 g/mol. The van der Waals surface area contributed by atoms with E-state index in [2.05, 4.69) is 61.4 Å². The van der Waals surface area contributed by atoms with E-state index in [0.717, 1.165) is 24.5 Å². The van der Waals surface area contributed by atoms with Gasteiger partial charge in [-0.25, -0.2) is 4.98 Å². The predicted octanol–water partition coefficient (Wildman–Crippen LogP) is 4.19. The van der Waals surface area contributed by atoms with E-state index in [0.29, 0.717) is 0 Å². The van der Waals surface area contributed by atoms with Crippen molar-refractivity contribution in [2.45, 2.75) is 27.2 Å². The summed E-state index contributed by atoms with van der Waals surface area (Å²) in [6, 6.07) is 12.6. The lowest BCUT2D eigenvalue weighted by atomic mass is 10.0. The SMILES string of the molecule is CCCNc1cccc(-c2ccc(C)c(C)c2)n1. The summed E-state index contributed by atoms with van der Waals surface area (Å²) >= 11 is 0. The number of hydrogen-bond acceptors (Lipinski definition) is 2. The molecule has 0 radical (unpaired) electrons. The largest absolute Gasteiger partial charge is 0.370 e. The van der Waals surface area contributed by atoms with E-state index in [4.69, 9.17) is 0 Å². The van der Waals surface area contributed by atoms with E-state index in [1.54, 1.807) is 0 Å². The molecule has 2 nitrogen and oxygen atoms in total. The lowest BCUT2D eigenvalue weighted by Gasteiger charge is -2.08. The van der Waals surface area contributed by atoms with E-state index in [1.165, 1.54) is 16.7 Å². The van der Waals surface area contributed by atoms with Crippen LogP contribution in [0.1, 0.15) is 24.5 Å². The number of aromatic nitrogens is 1. The maximum absolute atomic E-state index is 4.64. The van der Waals surface area contributed by atoms with Gasteiger partial charge in [-0.3, -0.25) is 0 Å². The van der Waals surface area contributed by atoms with Gasteiger partial charge in [-0.05, 0) is 49.6 Å². The molecule has 1 aromatic carbocycles. The molecule has 0 aliphatic rings. The Kier molecular flexibility index (Phi) is 3.98. The number of benzene rings is 1. The highest BCUT2D eigenvalue weighted by Gasteiger charge is 2.02. The number of pyridine rings is 1. The van der Waals surface area contributed by atoms with Crippen LogP contribution in [0.15, 0.2) is 36.4 Å². The lowest BCUT2D eigenvalue weighted by Crippen LogP contribution is -2.02. The quantitative estimate of drug-likeness (QED) is 0.866. The zero-order chi connectivity index (χ0) is 13.0. The van der Waals surface area contributed by atoms with Crippen molar-refractivity contribution in [2.75, 3.05) is 11.9 Å². The highest BCUT2D eigenvalue weighted by molar-refractivity contribution is 5.62. The van der Waals surface area contributed by atoms with Gasteiger partial charge >= 0.3 is 0 Å². The first-order valence-corrected chi connectivity index (χ1v) is 6.49. The molecule has 2 aromatic rings. The molecule has 2 rings (SSSR count). The topological polar surface area (TPSA) is 24.9 Å². The molecule has 94 valence electrons. The van der Waals surface area contributed by atoms with Gasteiger partial charge in [0.15, 0.2) is 0 Å². The molecule has 0 fully saturated rings. The highest BCUT2D eigenvalue weighted by Crippen LogP contribution is 2.21. The van der Waals surface area contributed by atoms with Gasteiger partial charge in [-0.1, -0.05) is 25.1 Å². The molecule has 0 atom stereocenters. The Morgan fingerprint density at radius 2 is 1.89 bits per heavy atom. The maximum Gasteiger partial charge on any atom is 0.126 e. The first-order valence-electron chi connectivity index (χ1n) is 6.49. The van der Waals surface area contributed by atoms with Crippen molar-refractivity contribution >= 4 is 5.82 Å². The second-order valence-corrected chi connectivity index (χ2v) is 4.63. The van der Waals surface area contributed by atoms with E-state index in [1.807, 2.05) is 6.07 Å². The summed E-state index contributed by atoms with van der Waals surface area (Å²) in [4.78, 5) is 4.64. The molecule has 0 saturated carbocycles. The van der Waals surface area contributed by atoms with Crippen LogP contribution in [-0.2, 0) is 0 Å². The fourth-order valence-electron chi connectivity index (χ4n) is 1.85. The Morgan fingerprint density at radius 1 is 1.06 bits per heavy atom. The van der Waals surface area contributed by atoms with E-state index in [-0.39, 0.29) is 0 Å². The number of nitrogens with one attached hydrogen (secondary N) is 1. The van der Waals surface area contributed by atoms with Gasteiger partial charge in [-0.15, -0.1) is 0 Å². The molecule has 1 aromatic heterocycles. The smallest absolute Gasteiger partial charge is 0.126 e. The Hall–Kier alpha value is -1.83. The third-order valence-electron chi connectivity index (χ3n) is 3.11. The minimum absolute atomic E-state index is 0.951. The van der Waals surface area contributed by atoms with Crippen molar-refractivity contribution in [3.05, 3.63) is 47.5 Å². The van der Waals surface area contributed by atoms with Crippen molar-refractivity contribution in [1.29, 1.82) is 0 Å². The lowest BCUT2D eigenvalue weighted by molar-refractivity contribution is 0.970. The minimum Gasteiger partial charge on any atom is -0.370 e. The molecule has 0 amide bonds. The first-order chi connectivity index (χ1) is 8.70. The molecule has 0 saturated heterocycles. The van der Waals surface area contributed by atoms with Gasteiger partial charge in [0.1, 0.15) is 5.82 Å². The van der Waals surface area contributed by atoms with Crippen LogP contribution in [0.5, 0.6) is 0 Å².